The molecule has 1 amide bonds. The van der Waals surface area contributed by atoms with Gasteiger partial charge in [-0.05, 0) is 43.5 Å². The van der Waals surface area contributed by atoms with Crippen LogP contribution in [0.25, 0.3) is 0 Å². The van der Waals surface area contributed by atoms with E-state index in [-0.39, 0.29) is 16.8 Å². The van der Waals surface area contributed by atoms with Gasteiger partial charge in [0.15, 0.2) is 0 Å². The van der Waals surface area contributed by atoms with Crippen LogP contribution in [0, 0.1) is 5.82 Å². The van der Waals surface area contributed by atoms with Crippen molar-refractivity contribution >= 4 is 15.9 Å². The summed E-state index contributed by atoms with van der Waals surface area (Å²) in [6.45, 7) is 1.75. The Bertz CT molecular complexity index is 625. The summed E-state index contributed by atoms with van der Waals surface area (Å²) < 4.78 is 39.9. The lowest BCUT2D eigenvalue weighted by atomic mass is 9.95. The highest BCUT2D eigenvalue weighted by Gasteiger charge is 2.26. The van der Waals surface area contributed by atoms with Gasteiger partial charge < -0.3 is 5.32 Å². The monoisotopic (exact) mass is 342 g/mol. The second kappa shape index (κ2) is 7.88. The summed E-state index contributed by atoms with van der Waals surface area (Å²) in [7, 11) is -3.85. The summed E-state index contributed by atoms with van der Waals surface area (Å²) in [5.41, 5.74) is 0. The van der Waals surface area contributed by atoms with E-state index in [0.29, 0.717) is 6.42 Å². The number of carbonyl (C=O) groups is 1. The molecule has 1 aromatic rings. The lowest BCUT2D eigenvalue weighted by Crippen LogP contribution is -2.49. The van der Waals surface area contributed by atoms with Gasteiger partial charge >= 0.3 is 0 Å². The van der Waals surface area contributed by atoms with Crippen LogP contribution in [-0.4, -0.2) is 26.4 Å². The van der Waals surface area contributed by atoms with Gasteiger partial charge in [0.2, 0.25) is 15.9 Å². The third-order valence-electron chi connectivity index (χ3n) is 4.10. The molecule has 1 unspecified atom stereocenters. The minimum atomic E-state index is -3.85. The average Bonchev–Trinajstić information content (AvgIpc) is 2.54. The zero-order valence-electron chi connectivity index (χ0n) is 13.2. The third-order valence-corrected chi connectivity index (χ3v) is 5.59. The van der Waals surface area contributed by atoms with Crippen molar-refractivity contribution in [3.63, 3.8) is 0 Å². The first kappa shape index (κ1) is 17.9. The van der Waals surface area contributed by atoms with Crippen molar-refractivity contribution in [1.29, 1.82) is 0 Å². The quantitative estimate of drug-likeness (QED) is 0.833. The molecule has 0 aromatic heterocycles. The molecule has 5 nitrogen and oxygen atoms in total. The predicted molar refractivity (Wildman–Crippen MR) is 85.8 cm³/mol. The number of rotatable bonds is 6. The molecule has 1 aliphatic rings. The summed E-state index contributed by atoms with van der Waals surface area (Å²) in [6, 6.07) is 3.83. The van der Waals surface area contributed by atoms with Crippen LogP contribution in [-0.2, 0) is 14.8 Å². The lowest BCUT2D eigenvalue weighted by Gasteiger charge is -2.25. The zero-order valence-corrected chi connectivity index (χ0v) is 14.0. The minimum Gasteiger partial charge on any atom is -0.352 e. The highest BCUT2D eigenvalue weighted by molar-refractivity contribution is 7.89. The molecule has 0 spiro atoms. The fourth-order valence-corrected chi connectivity index (χ4v) is 4.02. The van der Waals surface area contributed by atoms with Crippen molar-refractivity contribution in [3.05, 3.63) is 30.1 Å². The Morgan fingerprint density at radius 1 is 1.22 bits per heavy atom. The Labute approximate surface area is 136 Å². The molecule has 0 bridgehead atoms. The fraction of sp³-hybridized carbons (Fsp3) is 0.562. The summed E-state index contributed by atoms with van der Waals surface area (Å²) in [5, 5.41) is 2.93. The van der Waals surface area contributed by atoms with Crippen LogP contribution in [0.3, 0.4) is 0 Å². The van der Waals surface area contributed by atoms with E-state index in [1.54, 1.807) is 6.92 Å². The molecule has 0 saturated heterocycles. The van der Waals surface area contributed by atoms with Crippen molar-refractivity contribution in [3.8, 4) is 0 Å². The number of carbonyl (C=O) groups excluding carboxylic acids is 1. The highest BCUT2D eigenvalue weighted by Crippen LogP contribution is 2.18. The fourth-order valence-electron chi connectivity index (χ4n) is 2.74. The number of hydrogen-bond acceptors (Lipinski definition) is 3. The van der Waals surface area contributed by atoms with Crippen LogP contribution >= 0.6 is 0 Å². The molecule has 1 aromatic carbocycles. The Balaban J connectivity index is 2.02. The van der Waals surface area contributed by atoms with Gasteiger partial charge in [-0.1, -0.05) is 26.2 Å². The first-order valence-corrected chi connectivity index (χ1v) is 9.49. The first-order chi connectivity index (χ1) is 10.9. The maximum atomic E-state index is 12.9. The van der Waals surface area contributed by atoms with E-state index in [1.165, 1.54) is 18.6 Å². The summed E-state index contributed by atoms with van der Waals surface area (Å²) >= 11 is 0. The zero-order chi connectivity index (χ0) is 16.9. The molecule has 1 fully saturated rings. The Hall–Kier alpha value is -1.47. The number of hydrogen-bond donors (Lipinski definition) is 2. The maximum Gasteiger partial charge on any atom is 0.241 e. The molecule has 128 valence electrons. The predicted octanol–water partition coefficient (Wildman–Crippen LogP) is 2.33. The average molecular weight is 342 g/mol. The summed E-state index contributed by atoms with van der Waals surface area (Å²) in [5.74, 6) is -0.809. The smallest absolute Gasteiger partial charge is 0.241 e. The third kappa shape index (κ3) is 5.00. The molecule has 23 heavy (non-hydrogen) atoms. The Morgan fingerprint density at radius 2 is 1.83 bits per heavy atom. The molecule has 0 aliphatic heterocycles. The second-order valence-corrected chi connectivity index (χ2v) is 7.59. The Morgan fingerprint density at radius 3 is 2.39 bits per heavy atom. The molecule has 1 aliphatic carbocycles. The van der Waals surface area contributed by atoms with Crippen LogP contribution < -0.4 is 10.0 Å². The number of benzene rings is 1. The molecular weight excluding hydrogens is 319 g/mol. The number of nitrogens with one attached hydrogen (secondary N) is 2. The van der Waals surface area contributed by atoms with Crippen LogP contribution in [0.1, 0.15) is 45.4 Å². The molecule has 0 radical (unpaired) electrons. The standard InChI is InChI=1S/C16H23FN2O3S/c1-2-15(16(20)18-13-6-4-3-5-7-13)19-23(21,22)14-10-8-12(17)9-11-14/h8-11,13,15,19H,2-7H2,1H3,(H,18,20). The van der Waals surface area contributed by atoms with E-state index in [4.69, 9.17) is 0 Å². The maximum absolute atomic E-state index is 12.9. The first-order valence-electron chi connectivity index (χ1n) is 8.00. The van der Waals surface area contributed by atoms with Gasteiger partial charge in [0.25, 0.3) is 0 Å². The van der Waals surface area contributed by atoms with E-state index < -0.39 is 21.9 Å². The molecule has 7 heteroatoms. The molecule has 1 atom stereocenters. The number of halogens is 1. The second-order valence-electron chi connectivity index (χ2n) is 5.88. The Kier molecular flexibility index (Phi) is 6.12. The van der Waals surface area contributed by atoms with Gasteiger partial charge in [0, 0.05) is 6.04 Å². The van der Waals surface area contributed by atoms with Crippen molar-refractivity contribution in [1.82, 2.24) is 10.0 Å². The van der Waals surface area contributed by atoms with Crippen molar-refractivity contribution < 1.29 is 17.6 Å². The van der Waals surface area contributed by atoms with Crippen LogP contribution in [0.4, 0.5) is 4.39 Å². The van der Waals surface area contributed by atoms with Crippen LogP contribution in [0.2, 0.25) is 0 Å². The topological polar surface area (TPSA) is 75.3 Å². The molecule has 0 heterocycles. The SMILES string of the molecule is CCC(NS(=O)(=O)c1ccc(F)cc1)C(=O)NC1CCCCC1. The van der Waals surface area contributed by atoms with Crippen molar-refractivity contribution in [2.75, 3.05) is 0 Å². The molecular formula is C16H23FN2O3S. The summed E-state index contributed by atoms with van der Waals surface area (Å²) in [6.07, 6.45) is 5.58. The van der Waals surface area contributed by atoms with Crippen LogP contribution in [0.5, 0.6) is 0 Å². The van der Waals surface area contributed by atoms with Crippen molar-refractivity contribution in [2.45, 2.75) is 62.4 Å². The van der Waals surface area contributed by atoms with E-state index in [1.807, 2.05) is 0 Å². The van der Waals surface area contributed by atoms with E-state index in [2.05, 4.69) is 10.0 Å². The number of amides is 1. The lowest BCUT2D eigenvalue weighted by molar-refractivity contribution is -0.123. The normalized spacial score (nSPS) is 17.7. The van der Waals surface area contributed by atoms with E-state index in [0.717, 1.165) is 37.8 Å². The molecule has 1 saturated carbocycles. The van der Waals surface area contributed by atoms with Gasteiger partial charge in [-0.3, -0.25) is 4.79 Å². The minimum absolute atomic E-state index is 0.0529. The largest absolute Gasteiger partial charge is 0.352 e. The molecule has 2 rings (SSSR count). The summed E-state index contributed by atoms with van der Waals surface area (Å²) in [4.78, 5) is 12.3. The highest BCUT2D eigenvalue weighted by atomic mass is 32.2. The number of sulfonamides is 1. The van der Waals surface area contributed by atoms with Gasteiger partial charge in [-0.25, -0.2) is 12.8 Å². The van der Waals surface area contributed by atoms with Crippen LogP contribution in [0.15, 0.2) is 29.2 Å². The van der Waals surface area contributed by atoms with Gasteiger partial charge in [0.1, 0.15) is 11.9 Å². The van der Waals surface area contributed by atoms with Gasteiger partial charge in [0.05, 0.1) is 4.90 Å². The van der Waals surface area contributed by atoms with Gasteiger partial charge in [-0.15, -0.1) is 0 Å². The van der Waals surface area contributed by atoms with E-state index in [9.17, 15) is 17.6 Å². The van der Waals surface area contributed by atoms with Crippen molar-refractivity contribution in [2.24, 2.45) is 0 Å². The molecule has 2 N–H and O–H groups in total. The van der Waals surface area contributed by atoms with Gasteiger partial charge in [-0.2, -0.15) is 4.72 Å². The van der Waals surface area contributed by atoms with E-state index >= 15 is 0 Å².